The van der Waals surface area contributed by atoms with Crippen molar-refractivity contribution >= 4 is 39.3 Å². The zero-order valence-electron chi connectivity index (χ0n) is 27.6. The minimum absolute atomic E-state index is 0.0873. The molecule has 20 heteroatoms. The highest BCUT2D eigenvalue weighted by molar-refractivity contribution is 7.72. The molecule has 0 bridgehead atoms. The SMILES string of the molecule is CC(=O)OCC(COC(=O)NC(C)(C)CCOC(C)(C)CCOC(=O)NCCCC(O)(P(=O)(O)O)P(=O)(O)O)OC(=O)C(C)(C)C. The van der Waals surface area contributed by atoms with Gasteiger partial charge in [-0.15, -0.1) is 0 Å². The van der Waals surface area contributed by atoms with Crippen LogP contribution in [0, 0.1) is 5.41 Å². The molecule has 0 fully saturated rings. The topological polar surface area (TPSA) is 274 Å². The zero-order valence-corrected chi connectivity index (χ0v) is 29.4. The summed E-state index contributed by atoms with van der Waals surface area (Å²) in [5, 5.41) is 11.2. The molecule has 1 atom stereocenters. The number of esters is 2. The third kappa shape index (κ3) is 17.0. The van der Waals surface area contributed by atoms with Gasteiger partial charge in [0, 0.05) is 38.5 Å². The summed E-state index contributed by atoms with van der Waals surface area (Å²) in [5.41, 5.74) is -2.37. The third-order valence-corrected chi connectivity index (χ3v) is 10.1. The standard InChI is InChI=1S/C26H50N2O16P2/c1-18(29)41-16-19(44-20(30)23(2,3)4)17-42-22(32)28-24(5,6)11-15-43-25(7,8)12-14-40-21(31)27-13-9-10-26(33,45(34,35)36)46(37,38)39/h19,33H,9-17H2,1-8H3,(H,27,31)(H,28,32)(H2,34,35,36)(H2,37,38,39). The van der Waals surface area contributed by atoms with Gasteiger partial charge in [-0.3, -0.25) is 18.7 Å². The van der Waals surface area contributed by atoms with E-state index in [-0.39, 0.29) is 45.8 Å². The molecule has 7 N–H and O–H groups in total. The molecule has 0 radical (unpaired) electrons. The lowest BCUT2D eigenvalue weighted by Gasteiger charge is -2.30. The van der Waals surface area contributed by atoms with Crippen LogP contribution in [0.4, 0.5) is 9.59 Å². The van der Waals surface area contributed by atoms with Crippen LogP contribution in [0.25, 0.3) is 0 Å². The summed E-state index contributed by atoms with van der Waals surface area (Å²) in [5.74, 6) is -1.15. The van der Waals surface area contributed by atoms with Crippen molar-refractivity contribution < 1.29 is 76.7 Å². The van der Waals surface area contributed by atoms with Crippen molar-refractivity contribution in [3.05, 3.63) is 0 Å². The maximum Gasteiger partial charge on any atom is 0.407 e. The van der Waals surface area contributed by atoms with Crippen molar-refractivity contribution in [2.24, 2.45) is 5.41 Å². The monoisotopic (exact) mass is 708 g/mol. The van der Waals surface area contributed by atoms with E-state index < -0.39 is 73.5 Å². The van der Waals surface area contributed by atoms with Gasteiger partial charge in [-0.1, -0.05) is 0 Å². The fourth-order valence-electron chi connectivity index (χ4n) is 3.27. The first-order chi connectivity index (χ1) is 20.6. The summed E-state index contributed by atoms with van der Waals surface area (Å²) in [6.45, 7) is 12.3. The fourth-order valence-corrected chi connectivity index (χ4v) is 5.53. The molecule has 0 aromatic heterocycles. The Morgan fingerprint density at radius 1 is 0.761 bits per heavy atom. The maximum atomic E-state index is 12.4. The van der Waals surface area contributed by atoms with Gasteiger partial charge in [0.05, 0.1) is 17.6 Å². The first-order valence-electron chi connectivity index (χ1n) is 14.3. The van der Waals surface area contributed by atoms with E-state index in [4.69, 9.17) is 43.3 Å². The number of carbonyl (C=O) groups is 4. The van der Waals surface area contributed by atoms with Crippen LogP contribution in [-0.4, -0.2) is 104 Å². The molecule has 0 saturated heterocycles. The van der Waals surface area contributed by atoms with E-state index in [0.29, 0.717) is 6.42 Å². The van der Waals surface area contributed by atoms with E-state index in [2.05, 4.69) is 10.6 Å². The Morgan fingerprint density at radius 2 is 1.30 bits per heavy atom. The van der Waals surface area contributed by atoms with E-state index >= 15 is 0 Å². The molecule has 0 saturated carbocycles. The maximum absolute atomic E-state index is 12.4. The lowest BCUT2D eigenvalue weighted by atomic mass is 9.97. The Bertz CT molecular complexity index is 1100. The van der Waals surface area contributed by atoms with Crippen LogP contribution < -0.4 is 10.6 Å². The predicted molar refractivity (Wildman–Crippen MR) is 161 cm³/mol. The Morgan fingerprint density at radius 3 is 1.80 bits per heavy atom. The molecule has 0 heterocycles. The number of carbonyl (C=O) groups excluding carboxylic acids is 4. The van der Waals surface area contributed by atoms with E-state index in [0.717, 1.165) is 0 Å². The predicted octanol–water partition coefficient (Wildman–Crippen LogP) is 2.10. The minimum atomic E-state index is -5.58. The number of alkyl carbamates (subject to hydrolysis) is 2. The van der Waals surface area contributed by atoms with Crippen molar-refractivity contribution in [2.75, 3.05) is 33.0 Å². The van der Waals surface area contributed by atoms with Crippen molar-refractivity contribution in [3.8, 4) is 0 Å². The smallest absolute Gasteiger partial charge is 0.407 e. The lowest BCUT2D eigenvalue weighted by Crippen LogP contribution is -2.46. The molecular weight excluding hydrogens is 658 g/mol. The molecule has 270 valence electrons. The molecule has 46 heavy (non-hydrogen) atoms. The highest BCUT2D eigenvalue weighted by Crippen LogP contribution is 2.69. The van der Waals surface area contributed by atoms with E-state index in [1.54, 1.807) is 48.5 Å². The van der Waals surface area contributed by atoms with Crippen molar-refractivity contribution in [2.45, 2.75) is 103 Å². The van der Waals surface area contributed by atoms with Crippen LogP contribution in [-0.2, 0) is 42.4 Å². The molecule has 0 aliphatic rings. The molecule has 0 spiro atoms. The molecule has 0 aromatic carbocycles. The average Bonchev–Trinajstić information content (AvgIpc) is 2.85. The molecule has 18 nitrogen and oxygen atoms in total. The van der Waals surface area contributed by atoms with Crippen LogP contribution in [0.15, 0.2) is 0 Å². The van der Waals surface area contributed by atoms with Crippen molar-refractivity contribution in [1.29, 1.82) is 0 Å². The average molecular weight is 709 g/mol. The number of aliphatic hydroxyl groups is 1. The van der Waals surface area contributed by atoms with Gasteiger partial charge in [0.2, 0.25) is 0 Å². The van der Waals surface area contributed by atoms with Gasteiger partial charge in [-0.25, -0.2) is 9.59 Å². The third-order valence-electron chi connectivity index (χ3n) is 6.25. The summed E-state index contributed by atoms with van der Waals surface area (Å²) in [7, 11) is -11.2. The molecule has 0 rings (SSSR count). The second kappa shape index (κ2) is 17.7. The van der Waals surface area contributed by atoms with Gasteiger partial charge in [0.1, 0.15) is 13.2 Å². The number of hydrogen-bond acceptors (Lipinski definition) is 12. The first-order valence-corrected chi connectivity index (χ1v) is 17.5. The fraction of sp³-hybridized carbons (Fsp3) is 0.846. The van der Waals surface area contributed by atoms with Crippen LogP contribution in [0.3, 0.4) is 0 Å². The van der Waals surface area contributed by atoms with E-state index in [1.807, 2.05) is 0 Å². The highest BCUT2D eigenvalue weighted by Gasteiger charge is 2.58. The second-order valence-corrected chi connectivity index (χ2v) is 16.8. The van der Waals surface area contributed by atoms with Crippen LogP contribution >= 0.6 is 15.2 Å². The molecule has 1 unspecified atom stereocenters. The molecule has 0 aromatic rings. The molecule has 2 amide bonds. The molecular formula is C26H50N2O16P2. The van der Waals surface area contributed by atoms with Gasteiger partial charge in [0.25, 0.3) is 5.08 Å². The van der Waals surface area contributed by atoms with Gasteiger partial charge in [-0.2, -0.15) is 0 Å². The largest absolute Gasteiger partial charge is 0.462 e. The minimum Gasteiger partial charge on any atom is -0.462 e. The zero-order chi connectivity index (χ0) is 36.2. The van der Waals surface area contributed by atoms with Gasteiger partial charge in [0.15, 0.2) is 6.10 Å². The summed E-state index contributed by atoms with van der Waals surface area (Å²) < 4.78 is 49.0. The Hall–Kier alpha value is -2.30. The summed E-state index contributed by atoms with van der Waals surface area (Å²) in [4.78, 5) is 84.2. The second-order valence-electron chi connectivity index (χ2n) is 12.8. The molecule has 0 aliphatic heterocycles. The Labute approximate surface area is 268 Å². The van der Waals surface area contributed by atoms with Crippen LogP contribution in [0.1, 0.15) is 81.1 Å². The summed E-state index contributed by atoms with van der Waals surface area (Å²) in [6, 6.07) is 0. The highest BCUT2D eigenvalue weighted by atomic mass is 31.2. The molecule has 0 aliphatic carbocycles. The number of rotatable bonds is 19. The van der Waals surface area contributed by atoms with Crippen molar-refractivity contribution in [1.82, 2.24) is 10.6 Å². The van der Waals surface area contributed by atoms with Gasteiger partial charge < -0.3 is 59.0 Å². The summed E-state index contributed by atoms with van der Waals surface area (Å²) >= 11 is 0. The van der Waals surface area contributed by atoms with Gasteiger partial charge in [-0.05, 0) is 61.3 Å². The van der Waals surface area contributed by atoms with Crippen LogP contribution in [0.5, 0.6) is 0 Å². The Kier molecular flexibility index (Phi) is 16.9. The van der Waals surface area contributed by atoms with Gasteiger partial charge >= 0.3 is 39.3 Å². The summed E-state index contributed by atoms with van der Waals surface area (Å²) in [6.07, 6.45) is -3.45. The van der Waals surface area contributed by atoms with Crippen molar-refractivity contribution in [3.63, 3.8) is 0 Å². The number of hydrogen-bond donors (Lipinski definition) is 7. The van der Waals surface area contributed by atoms with E-state index in [9.17, 15) is 33.4 Å². The quantitative estimate of drug-likeness (QED) is 0.0438. The first kappa shape index (κ1) is 43.7. The number of ether oxygens (including phenoxy) is 5. The normalized spacial score (nSPS) is 13.8. The lowest BCUT2D eigenvalue weighted by molar-refractivity contribution is -0.167. The van der Waals surface area contributed by atoms with E-state index in [1.165, 1.54) is 6.92 Å². The number of nitrogens with one attached hydrogen (secondary N) is 2. The van der Waals surface area contributed by atoms with Crippen LogP contribution in [0.2, 0.25) is 0 Å². The number of amides is 2. The Balaban J connectivity index is 4.60.